The highest BCUT2D eigenvalue weighted by Crippen LogP contribution is 2.26. The van der Waals surface area contributed by atoms with Crippen LogP contribution in [0.1, 0.15) is 23.0 Å². The smallest absolute Gasteiger partial charge is 0.275 e. The SMILES string of the molecule is CCOc1ccc(-c2nc(C(=O)Nc3ccc(CC#N)cc3)cs2)cc1. The number of anilines is 1. The zero-order valence-corrected chi connectivity index (χ0v) is 15.0. The Balaban J connectivity index is 1.68. The second kappa shape index (κ2) is 8.28. The number of ether oxygens (including phenoxy) is 1. The Hall–Kier alpha value is -3.17. The van der Waals surface area contributed by atoms with Crippen LogP contribution < -0.4 is 10.1 Å². The number of benzene rings is 2. The molecule has 0 atom stereocenters. The molecule has 0 aliphatic heterocycles. The summed E-state index contributed by atoms with van der Waals surface area (Å²) in [5.74, 6) is 0.553. The molecule has 3 aromatic rings. The van der Waals surface area contributed by atoms with E-state index in [0.29, 0.717) is 24.4 Å². The second-order valence-electron chi connectivity index (χ2n) is 5.48. The van der Waals surface area contributed by atoms with Gasteiger partial charge in [0.05, 0.1) is 19.1 Å². The quantitative estimate of drug-likeness (QED) is 0.698. The number of nitrogens with zero attached hydrogens (tertiary/aromatic N) is 2. The number of hydrogen-bond donors (Lipinski definition) is 1. The normalized spacial score (nSPS) is 10.2. The van der Waals surface area contributed by atoms with Crippen LogP contribution in [0.5, 0.6) is 5.75 Å². The fourth-order valence-corrected chi connectivity index (χ4v) is 3.17. The molecule has 130 valence electrons. The average molecular weight is 363 g/mol. The van der Waals surface area contributed by atoms with Crippen molar-refractivity contribution >= 4 is 22.9 Å². The minimum Gasteiger partial charge on any atom is -0.494 e. The van der Waals surface area contributed by atoms with E-state index in [4.69, 9.17) is 10.00 Å². The van der Waals surface area contributed by atoms with Gasteiger partial charge in [-0.3, -0.25) is 4.79 Å². The van der Waals surface area contributed by atoms with Gasteiger partial charge in [-0.25, -0.2) is 4.98 Å². The minimum absolute atomic E-state index is 0.258. The Morgan fingerprint density at radius 1 is 1.19 bits per heavy atom. The van der Waals surface area contributed by atoms with Gasteiger partial charge in [-0.15, -0.1) is 11.3 Å². The first-order valence-corrected chi connectivity index (χ1v) is 9.03. The minimum atomic E-state index is -0.258. The molecule has 3 rings (SSSR count). The molecule has 1 N–H and O–H groups in total. The van der Waals surface area contributed by atoms with Crippen molar-refractivity contribution in [2.24, 2.45) is 0 Å². The van der Waals surface area contributed by atoms with Crippen molar-refractivity contribution in [1.82, 2.24) is 4.98 Å². The zero-order valence-electron chi connectivity index (χ0n) is 14.2. The molecule has 6 heteroatoms. The van der Waals surface area contributed by atoms with E-state index in [9.17, 15) is 4.79 Å². The van der Waals surface area contributed by atoms with Crippen molar-refractivity contribution in [3.05, 3.63) is 65.2 Å². The van der Waals surface area contributed by atoms with Crippen LogP contribution in [0.25, 0.3) is 10.6 Å². The summed E-state index contributed by atoms with van der Waals surface area (Å²) >= 11 is 1.42. The molecule has 0 radical (unpaired) electrons. The number of carbonyl (C=O) groups excluding carboxylic acids is 1. The van der Waals surface area contributed by atoms with Crippen LogP contribution in [-0.2, 0) is 6.42 Å². The zero-order chi connectivity index (χ0) is 18.4. The van der Waals surface area contributed by atoms with Crippen LogP contribution in [0.3, 0.4) is 0 Å². The van der Waals surface area contributed by atoms with Crippen molar-refractivity contribution in [3.63, 3.8) is 0 Å². The Bertz CT molecular complexity index is 925. The topological polar surface area (TPSA) is 75.0 Å². The lowest BCUT2D eigenvalue weighted by Crippen LogP contribution is -2.12. The summed E-state index contributed by atoms with van der Waals surface area (Å²) in [5.41, 5.74) is 2.91. The van der Waals surface area contributed by atoms with Crippen molar-refractivity contribution in [2.45, 2.75) is 13.3 Å². The first-order chi connectivity index (χ1) is 12.7. The summed E-state index contributed by atoms with van der Waals surface area (Å²) in [4.78, 5) is 16.8. The predicted molar refractivity (Wildman–Crippen MR) is 102 cm³/mol. The van der Waals surface area contributed by atoms with E-state index in [1.807, 2.05) is 43.3 Å². The second-order valence-corrected chi connectivity index (χ2v) is 6.34. The van der Waals surface area contributed by atoms with Gasteiger partial charge in [0, 0.05) is 16.6 Å². The Labute approximate surface area is 155 Å². The van der Waals surface area contributed by atoms with E-state index < -0.39 is 0 Å². The van der Waals surface area contributed by atoms with E-state index in [-0.39, 0.29) is 5.91 Å². The average Bonchev–Trinajstić information content (AvgIpc) is 3.15. The largest absolute Gasteiger partial charge is 0.494 e. The van der Waals surface area contributed by atoms with E-state index in [0.717, 1.165) is 21.9 Å². The van der Waals surface area contributed by atoms with Gasteiger partial charge in [0.1, 0.15) is 16.5 Å². The molecule has 0 saturated heterocycles. The molecule has 26 heavy (non-hydrogen) atoms. The molecule has 0 fully saturated rings. The first kappa shape index (κ1) is 17.6. The van der Waals surface area contributed by atoms with Gasteiger partial charge in [0.15, 0.2) is 0 Å². The standard InChI is InChI=1S/C20H17N3O2S/c1-2-25-17-9-5-15(6-10-17)20-23-18(13-26-20)19(24)22-16-7-3-14(4-8-16)11-12-21/h3-10,13H,2,11H2,1H3,(H,22,24). The molecule has 2 aromatic carbocycles. The Morgan fingerprint density at radius 2 is 1.92 bits per heavy atom. The van der Waals surface area contributed by atoms with Crippen LogP contribution in [0.2, 0.25) is 0 Å². The van der Waals surface area contributed by atoms with E-state index in [2.05, 4.69) is 16.4 Å². The highest BCUT2D eigenvalue weighted by molar-refractivity contribution is 7.13. The van der Waals surface area contributed by atoms with Crippen LogP contribution in [0.4, 0.5) is 5.69 Å². The summed E-state index contributed by atoms with van der Waals surface area (Å²) in [5, 5.41) is 14.0. The van der Waals surface area contributed by atoms with E-state index in [1.165, 1.54) is 11.3 Å². The molecule has 1 amide bonds. The summed E-state index contributed by atoms with van der Waals surface area (Å²) in [7, 11) is 0. The van der Waals surface area contributed by atoms with Crippen LogP contribution in [0, 0.1) is 11.3 Å². The van der Waals surface area contributed by atoms with Gasteiger partial charge in [-0.2, -0.15) is 5.26 Å². The highest BCUT2D eigenvalue weighted by Gasteiger charge is 2.12. The number of nitriles is 1. The lowest BCUT2D eigenvalue weighted by molar-refractivity contribution is 0.102. The molecule has 5 nitrogen and oxygen atoms in total. The molecule has 0 aliphatic rings. The number of rotatable bonds is 6. The summed E-state index contributed by atoms with van der Waals surface area (Å²) in [6.07, 6.45) is 0.353. The summed E-state index contributed by atoms with van der Waals surface area (Å²) in [6, 6.07) is 17.0. The molecular weight excluding hydrogens is 346 g/mol. The first-order valence-electron chi connectivity index (χ1n) is 8.15. The molecule has 0 bridgehead atoms. The van der Waals surface area contributed by atoms with Gasteiger partial charge >= 0.3 is 0 Å². The van der Waals surface area contributed by atoms with E-state index in [1.54, 1.807) is 17.5 Å². The Morgan fingerprint density at radius 3 is 2.58 bits per heavy atom. The number of carbonyl (C=O) groups is 1. The Kier molecular flexibility index (Phi) is 5.62. The van der Waals surface area contributed by atoms with Crippen LogP contribution >= 0.6 is 11.3 Å². The van der Waals surface area contributed by atoms with E-state index >= 15 is 0 Å². The molecule has 0 saturated carbocycles. The molecule has 0 spiro atoms. The lowest BCUT2D eigenvalue weighted by Gasteiger charge is -2.04. The molecule has 0 unspecified atom stereocenters. The molecular formula is C20H17N3O2S. The molecule has 0 aliphatic carbocycles. The van der Waals surface area contributed by atoms with Gasteiger partial charge in [0.2, 0.25) is 0 Å². The van der Waals surface area contributed by atoms with Crippen molar-refractivity contribution in [2.75, 3.05) is 11.9 Å². The number of thiazole rings is 1. The van der Waals surface area contributed by atoms with Gasteiger partial charge in [-0.1, -0.05) is 12.1 Å². The molecule has 1 aromatic heterocycles. The summed E-state index contributed by atoms with van der Waals surface area (Å²) in [6.45, 7) is 2.56. The van der Waals surface area contributed by atoms with Crippen molar-refractivity contribution < 1.29 is 9.53 Å². The summed E-state index contributed by atoms with van der Waals surface area (Å²) < 4.78 is 5.43. The highest BCUT2D eigenvalue weighted by atomic mass is 32.1. The maximum absolute atomic E-state index is 12.4. The third-order valence-corrected chi connectivity index (χ3v) is 4.54. The number of amides is 1. The predicted octanol–water partition coefficient (Wildman–Crippen LogP) is 4.53. The van der Waals surface area contributed by atoms with Crippen LogP contribution in [0.15, 0.2) is 53.9 Å². The lowest BCUT2D eigenvalue weighted by atomic mass is 10.1. The monoisotopic (exact) mass is 363 g/mol. The van der Waals surface area contributed by atoms with Gasteiger partial charge in [0.25, 0.3) is 5.91 Å². The fourth-order valence-electron chi connectivity index (χ4n) is 2.36. The van der Waals surface area contributed by atoms with Crippen molar-refractivity contribution in [1.29, 1.82) is 5.26 Å². The number of hydrogen-bond acceptors (Lipinski definition) is 5. The molecule has 1 heterocycles. The van der Waals surface area contributed by atoms with Crippen LogP contribution in [-0.4, -0.2) is 17.5 Å². The third-order valence-electron chi connectivity index (χ3n) is 3.64. The maximum Gasteiger partial charge on any atom is 0.275 e. The maximum atomic E-state index is 12.4. The van der Waals surface area contributed by atoms with Gasteiger partial charge < -0.3 is 10.1 Å². The van der Waals surface area contributed by atoms with Gasteiger partial charge in [-0.05, 0) is 48.9 Å². The number of aromatic nitrogens is 1. The number of nitrogens with one attached hydrogen (secondary N) is 1. The van der Waals surface area contributed by atoms with Crippen molar-refractivity contribution in [3.8, 4) is 22.4 Å². The third kappa shape index (κ3) is 4.26. The fraction of sp³-hybridized carbons (Fsp3) is 0.150.